The summed E-state index contributed by atoms with van der Waals surface area (Å²) in [5.41, 5.74) is 10.2. The molecule has 0 fully saturated rings. The maximum Gasteiger partial charge on any atom is 0.0870 e. The van der Waals surface area contributed by atoms with Crippen LogP contribution in [0.1, 0.15) is 34.3 Å². The number of aliphatic hydroxyl groups excluding tert-OH is 1. The first-order valence-electron chi connectivity index (χ1n) is 6.73. The molecule has 0 aliphatic heterocycles. The van der Waals surface area contributed by atoms with E-state index < -0.39 is 6.10 Å². The van der Waals surface area contributed by atoms with Gasteiger partial charge < -0.3 is 10.8 Å². The molecule has 2 unspecified atom stereocenters. The molecule has 0 aromatic heterocycles. The molecule has 0 saturated carbocycles. The van der Waals surface area contributed by atoms with Crippen molar-refractivity contribution in [3.63, 3.8) is 0 Å². The fraction of sp³-hybridized carbons (Fsp3) is 0.294. The molecule has 2 atom stereocenters. The van der Waals surface area contributed by atoms with Gasteiger partial charge >= 0.3 is 0 Å². The van der Waals surface area contributed by atoms with Crippen molar-refractivity contribution in [2.75, 3.05) is 6.54 Å². The van der Waals surface area contributed by atoms with Crippen LogP contribution in [0.3, 0.4) is 0 Å². The molecule has 2 rings (SSSR count). The van der Waals surface area contributed by atoms with Crippen molar-refractivity contribution in [3.05, 3.63) is 69.2 Å². The number of aliphatic hydroxyl groups is 1. The van der Waals surface area contributed by atoms with Gasteiger partial charge in [-0.25, -0.2) is 0 Å². The normalized spacial score (nSPS) is 14.1. The van der Waals surface area contributed by atoms with Gasteiger partial charge in [0.15, 0.2) is 0 Å². The summed E-state index contributed by atoms with van der Waals surface area (Å²) in [5, 5.41) is 10.7. The number of hydrogen-bond acceptors (Lipinski definition) is 2. The van der Waals surface area contributed by atoms with Crippen LogP contribution in [-0.2, 0) is 0 Å². The summed E-state index contributed by atoms with van der Waals surface area (Å²) in [6.07, 6.45) is -0.590. The van der Waals surface area contributed by atoms with Crippen molar-refractivity contribution in [1.29, 1.82) is 0 Å². The maximum atomic E-state index is 10.7. The van der Waals surface area contributed by atoms with Crippen LogP contribution in [0.4, 0.5) is 0 Å². The summed E-state index contributed by atoms with van der Waals surface area (Å²) in [6, 6.07) is 14.1. The second kappa shape index (κ2) is 6.53. The molecule has 0 radical (unpaired) electrons. The van der Waals surface area contributed by atoms with Crippen molar-refractivity contribution in [1.82, 2.24) is 0 Å². The Morgan fingerprint density at radius 3 is 2.25 bits per heavy atom. The van der Waals surface area contributed by atoms with Crippen molar-refractivity contribution in [2.45, 2.75) is 25.9 Å². The number of benzene rings is 2. The van der Waals surface area contributed by atoms with Crippen molar-refractivity contribution >= 4 is 15.9 Å². The highest BCUT2D eigenvalue weighted by atomic mass is 79.9. The quantitative estimate of drug-likeness (QED) is 0.892. The van der Waals surface area contributed by atoms with Gasteiger partial charge in [0.25, 0.3) is 0 Å². The summed E-state index contributed by atoms with van der Waals surface area (Å²) in [7, 11) is 0. The van der Waals surface area contributed by atoms with Gasteiger partial charge in [0.1, 0.15) is 0 Å². The Bertz CT molecular complexity index is 577. The number of nitrogens with two attached hydrogens (primary N) is 1. The van der Waals surface area contributed by atoms with Gasteiger partial charge in [0, 0.05) is 16.9 Å². The van der Waals surface area contributed by atoms with Gasteiger partial charge in [0.05, 0.1) is 6.10 Å². The maximum absolute atomic E-state index is 10.7. The first-order valence-corrected chi connectivity index (χ1v) is 7.52. The minimum absolute atomic E-state index is 0.103. The summed E-state index contributed by atoms with van der Waals surface area (Å²) in [5.74, 6) is -0.103. The van der Waals surface area contributed by atoms with Gasteiger partial charge in [-0.1, -0.05) is 57.4 Å². The zero-order valence-electron chi connectivity index (χ0n) is 11.8. The topological polar surface area (TPSA) is 46.2 Å². The van der Waals surface area contributed by atoms with E-state index in [1.54, 1.807) is 0 Å². The van der Waals surface area contributed by atoms with Crippen LogP contribution in [0.2, 0.25) is 0 Å². The fourth-order valence-corrected chi connectivity index (χ4v) is 3.01. The zero-order valence-corrected chi connectivity index (χ0v) is 13.4. The molecule has 0 amide bonds. The molecular formula is C17H20BrNO. The van der Waals surface area contributed by atoms with E-state index in [0.29, 0.717) is 6.54 Å². The van der Waals surface area contributed by atoms with Crippen LogP contribution in [0, 0.1) is 13.8 Å². The van der Waals surface area contributed by atoms with Crippen LogP contribution >= 0.6 is 15.9 Å². The van der Waals surface area contributed by atoms with Gasteiger partial charge in [0.2, 0.25) is 0 Å². The molecule has 3 N–H and O–H groups in total. The van der Waals surface area contributed by atoms with Crippen molar-refractivity contribution < 1.29 is 5.11 Å². The minimum Gasteiger partial charge on any atom is -0.388 e. The van der Waals surface area contributed by atoms with Crippen LogP contribution in [-0.4, -0.2) is 11.7 Å². The first-order chi connectivity index (χ1) is 9.51. The lowest BCUT2D eigenvalue weighted by atomic mass is 9.88. The third kappa shape index (κ3) is 3.48. The molecule has 2 aromatic rings. The van der Waals surface area contributed by atoms with Crippen LogP contribution in [0.15, 0.2) is 46.9 Å². The summed E-state index contributed by atoms with van der Waals surface area (Å²) < 4.78 is 1.00. The van der Waals surface area contributed by atoms with Crippen molar-refractivity contribution in [3.8, 4) is 0 Å². The second-order valence-electron chi connectivity index (χ2n) is 5.26. The molecule has 0 aliphatic carbocycles. The van der Waals surface area contributed by atoms with E-state index in [9.17, 15) is 5.11 Å². The molecule has 2 aromatic carbocycles. The number of hydrogen-bond donors (Lipinski definition) is 2. The Balaban J connectivity index is 2.35. The van der Waals surface area contributed by atoms with Crippen LogP contribution in [0.25, 0.3) is 0 Å². The monoisotopic (exact) mass is 333 g/mol. The number of halogens is 1. The highest BCUT2D eigenvalue weighted by molar-refractivity contribution is 9.10. The molecule has 0 saturated heterocycles. The molecule has 0 aliphatic rings. The molecule has 3 heteroatoms. The summed E-state index contributed by atoms with van der Waals surface area (Å²) in [6.45, 7) is 4.49. The Morgan fingerprint density at radius 1 is 1.05 bits per heavy atom. The predicted octanol–water partition coefficient (Wildman–Crippen LogP) is 3.84. The van der Waals surface area contributed by atoms with E-state index in [-0.39, 0.29) is 5.92 Å². The molecule has 0 heterocycles. The summed E-state index contributed by atoms with van der Waals surface area (Å²) in [4.78, 5) is 0. The standard InChI is InChI=1S/C17H20BrNO/c1-11-6-12(2)8-14(7-11)17(20)16(10-19)13-4-3-5-15(18)9-13/h3-9,16-17,20H,10,19H2,1-2H3. The highest BCUT2D eigenvalue weighted by Crippen LogP contribution is 2.32. The van der Waals surface area contributed by atoms with Gasteiger partial charge in [-0.15, -0.1) is 0 Å². The minimum atomic E-state index is -0.590. The van der Waals surface area contributed by atoms with E-state index in [1.165, 1.54) is 0 Å². The molecular weight excluding hydrogens is 314 g/mol. The van der Waals surface area contributed by atoms with E-state index in [1.807, 2.05) is 50.2 Å². The largest absolute Gasteiger partial charge is 0.388 e. The third-order valence-electron chi connectivity index (χ3n) is 3.50. The van der Waals surface area contributed by atoms with Gasteiger partial charge in [-0.05, 0) is 37.1 Å². The fourth-order valence-electron chi connectivity index (χ4n) is 2.60. The zero-order chi connectivity index (χ0) is 14.7. The Labute approximate surface area is 128 Å². The SMILES string of the molecule is Cc1cc(C)cc(C(O)C(CN)c2cccc(Br)c2)c1. The highest BCUT2D eigenvalue weighted by Gasteiger charge is 2.22. The Kier molecular flexibility index (Phi) is 4.97. The molecule has 0 spiro atoms. The average Bonchev–Trinajstić information content (AvgIpc) is 2.38. The van der Waals surface area contributed by atoms with E-state index >= 15 is 0 Å². The molecule has 20 heavy (non-hydrogen) atoms. The Morgan fingerprint density at radius 2 is 1.70 bits per heavy atom. The lowest BCUT2D eigenvalue weighted by Crippen LogP contribution is -2.20. The molecule has 2 nitrogen and oxygen atoms in total. The summed E-state index contributed by atoms with van der Waals surface area (Å²) >= 11 is 3.47. The van der Waals surface area contributed by atoms with Crippen LogP contribution < -0.4 is 5.73 Å². The van der Waals surface area contributed by atoms with Gasteiger partial charge in [-0.2, -0.15) is 0 Å². The smallest absolute Gasteiger partial charge is 0.0870 e. The second-order valence-corrected chi connectivity index (χ2v) is 6.18. The van der Waals surface area contributed by atoms with E-state index in [2.05, 4.69) is 22.0 Å². The molecule has 106 valence electrons. The lowest BCUT2D eigenvalue weighted by Gasteiger charge is -2.23. The van der Waals surface area contributed by atoms with Crippen LogP contribution in [0.5, 0.6) is 0 Å². The Hall–Kier alpha value is -1.16. The average molecular weight is 334 g/mol. The van der Waals surface area contributed by atoms with Gasteiger partial charge in [-0.3, -0.25) is 0 Å². The molecule has 0 bridgehead atoms. The predicted molar refractivity (Wildman–Crippen MR) is 86.8 cm³/mol. The third-order valence-corrected chi connectivity index (χ3v) is 3.99. The lowest BCUT2D eigenvalue weighted by molar-refractivity contribution is 0.147. The number of aryl methyl sites for hydroxylation is 2. The first kappa shape index (κ1) is 15.2. The van der Waals surface area contributed by atoms with Crippen molar-refractivity contribution in [2.24, 2.45) is 5.73 Å². The van der Waals surface area contributed by atoms with E-state index in [0.717, 1.165) is 26.7 Å². The number of rotatable bonds is 4. The van der Waals surface area contributed by atoms with E-state index in [4.69, 9.17) is 5.73 Å².